The first-order valence-corrected chi connectivity index (χ1v) is 12.2. The average Bonchev–Trinajstić information content (AvgIpc) is 3.42. The van der Waals surface area contributed by atoms with Crippen LogP contribution < -0.4 is 4.90 Å². The van der Waals surface area contributed by atoms with Crippen LogP contribution in [0.15, 0.2) is 73.2 Å². The first kappa shape index (κ1) is 24.7. The Morgan fingerprint density at radius 2 is 1.68 bits per heavy atom. The molecule has 190 valence electrons. The van der Waals surface area contributed by atoms with Crippen molar-refractivity contribution in [1.29, 1.82) is 0 Å². The number of benzene rings is 2. The molecular formula is C29H28F3N5. The van der Waals surface area contributed by atoms with Gasteiger partial charge in [0.2, 0.25) is 0 Å². The summed E-state index contributed by atoms with van der Waals surface area (Å²) < 4.78 is 40.7. The van der Waals surface area contributed by atoms with E-state index in [1.54, 1.807) is 19.2 Å². The number of aryl methyl sites for hydroxylation is 1. The molecule has 1 aliphatic heterocycles. The van der Waals surface area contributed by atoms with Crippen molar-refractivity contribution < 1.29 is 13.2 Å². The van der Waals surface area contributed by atoms with Crippen molar-refractivity contribution in [3.63, 3.8) is 0 Å². The van der Waals surface area contributed by atoms with Crippen molar-refractivity contribution in [2.45, 2.75) is 45.3 Å². The Hall–Kier alpha value is -3.94. The molecule has 1 aliphatic rings. The molecule has 0 bridgehead atoms. The maximum Gasteiger partial charge on any atom is 0.434 e. The lowest BCUT2D eigenvalue weighted by Gasteiger charge is -2.28. The summed E-state index contributed by atoms with van der Waals surface area (Å²) in [5, 5.41) is 0. The van der Waals surface area contributed by atoms with Crippen LogP contribution in [-0.4, -0.2) is 19.5 Å². The normalized spacial score (nSPS) is 14.4. The van der Waals surface area contributed by atoms with Crippen molar-refractivity contribution >= 4 is 5.82 Å². The first-order valence-electron chi connectivity index (χ1n) is 12.2. The molecule has 0 saturated carbocycles. The zero-order valence-corrected chi connectivity index (χ0v) is 21.2. The number of anilines is 1. The topological polar surface area (TPSA) is 46.8 Å². The van der Waals surface area contributed by atoms with Crippen LogP contribution in [0, 0.1) is 0 Å². The number of nitrogens with zero attached hydrogens (tertiary/aromatic N) is 5. The van der Waals surface area contributed by atoms with Crippen LogP contribution in [0.25, 0.3) is 22.8 Å². The van der Waals surface area contributed by atoms with Gasteiger partial charge in [0, 0.05) is 48.2 Å². The van der Waals surface area contributed by atoms with Crippen molar-refractivity contribution in [2.24, 2.45) is 7.05 Å². The molecule has 0 fully saturated rings. The third-order valence-electron chi connectivity index (χ3n) is 6.83. The lowest BCUT2D eigenvalue weighted by molar-refractivity contribution is -0.140. The van der Waals surface area contributed by atoms with Gasteiger partial charge in [-0.2, -0.15) is 13.2 Å². The zero-order chi connectivity index (χ0) is 26.5. The highest BCUT2D eigenvalue weighted by molar-refractivity contribution is 5.68. The fourth-order valence-corrected chi connectivity index (χ4v) is 4.91. The van der Waals surface area contributed by atoms with Crippen LogP contribution in [0.3, 0.4) is 0 Å². The van der Waals surface area contributed by atoms with E-state index < -0.39 is 11.9 Å². The summed E-state index contributed by atoms with van der Waals surface area (Å²) in [6.45, 7) is 10.7. The predicted octanol–water partition coefficient (Wildman–Crippen LogP) is 7.32. The van der Waals surface area contributed by atoms with Crippen molar-refractivity contribution in [3.8, 4) is 22.8 Å². The summed E-state index contributed by atoms with van der Waals surface area (Å²) in [6.07, 6.45) is -0.928. The van der Waals surface area contributed by atoms with Gasteiger partial charge in [-0.15, -0.1) is 0 Å². The van der Waals surface area contributed by atoms with Gasteiger partial charge in [0.1, 0.15) is 11.6 Å². The number of hydrogen-bond acceptors (Lipinski definition) is 4. The van der Waals surface area contributed by atoms with Gasteiger partial charge < -0.3 is 9.47 Å². The second-order valence-corrected chi connectivity index (χ2v) is 9.75. The van der Waals surface area contributed by atoms with Gasteiger partial charge in [0.15, 0.2) is 11.5 Å². The smallest absolute Gasteiger partial charge is 0.333 e. The molecule has 2 aromatic carbocycles. The Balaban J connectivity index is 1.46. The Morgan fingerprint density at radius 3 is 2.32 bits per heavy atom. The van der Waals surface area contributed by atoms with Crippen molar-refractivity contribution in [3.05, 3.63) is 95.6 Å². The molecule has 1 atom stereocenters. The van der Waals surface area contributed by atoms with Crippen LogP contribution in [0.1, 0.15) is 55.1 Å². The molecule has 5 rings (SSSR count). The molecule has 5 nitrogen and oxygen atoms in total. The molecule has 37 heavy (non-hydrogen) atoms. The summed E-state index contributed by atoms with van der Waals surface area (Å²) in [5.74, 6) is 2.12. The molecule has 0 amide bonds. The van der Waals surface area contributed by atoms with E-state index in [9.17, 15) is 13.2 Å². The lowest BCUT2D eigenvalue weighted by Crippen LogP contribution is -2.23. The minimum Gasteiger partial charge on any atom is -0.333 e. The average molecular weight is 504 g/mol. The molecule has 0 aliphatic carbocycles. The van der Waals surface area contributed by atoms with Gasteiger partial charge in [0.05, 0.1) is 6.04 Å². The third kappa shape index (κ3) is 4.52. The molecule has 2 aromatic heterocycles. The number of fused-ring (bicyclic) bond motifs is 1. The van der Waals surface area contributed by atoms with Crippen molar-refractivity contribution in [2.75, 3.05) is 4.90 Å². The van der Waals surface area contributed by atoms with Crippen LogP contribution >= 0.6 is 0 Å². The number of aromatic nitrogens is 4. The Morgan fingerprint density at radius 1 is 0.973 bits per heavy atom. The van der Waals surface area contributed by atoms with E-state index in [1.165, 1.54) is 10.1 Å². The minimum atomic E-state index is -4.48. The summed E-state index contributed by atoms with van der Waals surface area (Å²) >= 11 is 0. The Labute approximate surface area is 214 Å². The van der Waals surface area contributed by atoms with E-state index in [2.05, 4.69) is 54.4 Å². The maximum atomic E-state index is 13.1. The number of imidazole rings is 1. The highest BCUT2D eigenvalue weighted by Gasteiger charge is 2.35. The van der Waals surface area contributed by atoms with E-state index >= 15 is 0 Å². The van der Waals surface area contributed by atoms with Gasteiger partial charge in [-0.1, -0.05) is 69.0 Å². The second kappa shape index (κ2) is 9.18. The van der Waals surface area contributed by atoms with Crippen LogP contribution in [0.2, 0.25) is 0 Å². The molecule has 0 spiro atoms. The molecule has 4 aromatic rings. The molecular weight excluding hydrogens is 475 g/mol. The number of hydrogen-bond donors (Lipinski definition) is 0. The number of rotatable bonds is 5. The third-order valence-corrected chi connectivity index (χ3v) is 6.83. The summed E-state index contributed by atoms with van der Waals surface area (Å²) in [6, 6.07) is 15.5. The Bertz CT molecular complexity index is 1470. The van der Waals surface area contributed by atoms with Gasteiger partial charge in [0.25, 0.3) is 0 Å². The van der Waals surface area contributed by atoms with E-state index in [4.69, 9.17) is 4.98 Å². The second-order valence-electron chi connectivity index (χ2n) is 9.75. The predicted molar refractivity (Wildman–Crippen MR) is 139 cm³/mol. The molecule has 0 radical (unpaired) electrons. The van der Waals surface area contributed by atoms with E-state index in [1.807, 2.05) is 30.5 Å². The highest BCUT2D eigenvalue weighted by Crippen LogP contribution is 2.40. The molecule has 0 saturated heterocycles. The van der Waals surface area contributed by atoms with Gasteiger partial charge in [-0.3, -0.25) is 0 Å². The van der Waals surface area contributed by atoms with Gasteiger partial charge in [-0.25, -0.2) is 15.0 Å². The lowest BCUT2D eigenvalue weighted by atomic mass is 9.97. The summed E-state index contributed by atoms with van der Waals surface area (Å²) in [4.78, 5) is 15.6. The number of halogens is 3. The fourth-order valence-electron chi connectivity index (χ4n) is 4.91. The molecule has 0 N–H and O–H groups in total. The van der Waals surface area contributed by atoms with Crippen LogP contribution in [-0.2, 0) is 19.6 Å². The number of allylic oxidation sites excluding steroid dienone is 1. The summed E-state index contributed by atoms with van der Waals surface area (Å²) in [7, 11) is 1.56. The van der Waals surface area contributed by atoms with Gasteiger partial charge in [-0.05, 0) is 24.0 Å². The fraction of sp³-hybridized carbons (Fsp3) is 0.276. The number of alkyl halides is 3. The highest BCUT2D eigenvalue weighted by atomic mass is 19.4. The quantitative estimate of drug-likeness (QED) is 0.286. The molecule has 0 unspecified atom stereocenters. The van der Waals surface area contributed by atoms with Crippen LogP contribution in [0.5, 0.6) is 0 Å². The van der Waals surface area contributed by atoms with E-state index in [0.717, 1.165) is 34.4 Å². The maximum absolute atomic E-state index is 13.1. The first-order chi connectivity index (χ1) is 17.5. The van der Waals surface area contributed by atoms with Crippen molar-refractivity contribution in [1.82, 2.24) is 19.5 Å². The van der Waals surface area contributed by atoms with Gasteiger partial charge >= 0.3 is 6.18 Å². The molecule has 8 heteroatoms. The monoisotopic (exact) mass is 503 g/mol. The SMILES string of the molecule is C=C1Cc2cnc(-c3ccccc3C(C)C)nc2N1[C@@H](C)c1ccc(-c2nc(C(F)(F)F)cn2C)cc1. The molecule has 3 heterocycles. The standard InChI is InChI=1S/C29H28F3N5/c1-17(2)23-8-6-7-9-24(23)26-33-15-22-14-18(3)37(28(22)35-26)19(4)20-10-12-21(13-11-20)27-34-25(16-36(27)5)29(30,31)32/h6-13,15-17,19H,3,14H2,1-2,4-5H3/t19-/m0/s1. The van der Waals surface area contributed by atoms with Crippen LogP contribution in [0.4, 0.5) is 19.0 Å². The zero-order valence-electron chi connectivity index (χ0n) is 21.2. The largest absolute Gasteiger partial charge is 0.434 e. The van der Waals surface area contributed by atoms with E-state index in [-0.39, 0.29) is 11.9 Å². The Kier molecular flexibility index (Phi) is 6.14. The van der Waals surface area contributed by atoms with E-state index in [0.29, 0.717) is 23.7 Å². The minimum absolute atomic E-state index is 0.0852. The summed E-state index contributed by atoms with van der Waals surface area (Å²) in [5.41, 5.74) is 4.86.